The van der Waals surface area contributed by atoms with Crippen molar-refractivity contribution >= 4 is 23.2 Å². The van der Waals surface area contributed by atoms with Gasteiger partial charge in [0.1, 0.15) is 12.4 Å². The molecule has 0 radical (unpaired) electrons. The third-order valence-electron chi connectivity index (χ3n) is 4.46. The maximum Gasteiger partial charge on any atom is 0.264 e. The second kappa shape index (κ2) is 9.53. The van der Waals surface area contributed by atoms with Gasteiger partial charge in [-0.15, -0.1) is 11.3 Å². The average Bonchev–Trinajstić information content (AvgIpc) is 3.16. The minimum absolute atomic E-state index is 0.0661. The number of hydrogen-bond donors (Lipinski definition) is 1. The van der Waals surface area contributed by atoms with Gasteiger partial charge in [-0.2, -0.15) is 0 Å². The first-order valence-corrected chi connectivity index (χ1v) is 9.96. The Morgan fingerprint density at radius 3 is 2.52 bits per heavy atom. The third-order valence-corrected chi connectivity index (χ3v) is 5.54. The van der Waals surface area contributed by atoms with Crippen molar-refractivity contribution in [2.75, 3.05) is 39.3 Å². The van der Waals surface area contributed by atoms with E-state index in [1.165, 1.54) is 18.3 Å². The van der Waals surface area contributed by atoms with Gasteiger partial charge in [0, 0.05) is 44.5 Å². The lowest BCUT2D eigenvalue weighted by molar-refractivity contribution is -0.119. The first-order chi connectivity index (χ1) is 13.1. The number of para-hydroxylation sites is 1. The fourth-order valence-corrected chi connectivity index (χ4v) is 3.85. The van der Waals surface area contributed by atoms with Crippen molar-refractivity contribution in [3.05, 3.63) is 52.2 Å². The number of thiophene rings is 1. The number of carbonyl (C=O) groups is 2. The van der Waals surface area contributed by atoms with E-state index in [9.17, 15) is 9.59 Å². The molecule has 0 unspecified atom stereocenters. The smallest absolute Gasteiger partial charge is 0.264 e. The van der Waals surface area contributed by atoms with Crippen LogP contribution in [-0.2, 0) is 11.3 Å². The molecule has 2 amide bonds. The highest BCUT2D eigenvalue weighted by molar-refractivity contribution is 7.14. The summed E-state index contributed by atoms with van der Waals surface area (Å²) in [7, 11) is 0. The maximum atomic E-state index is 12.7. The van der Waals surface area contributed by atoms with Crippen LogP contribution in [0.15, 0.2) is 42.5 Å². The third kappa shape index (κ3) is 5.80. The summed E-state index contributed by atoms with van der Waals surface area (Å²) < 4.78 is 5.74. The lowest BCUT2D eigenvalue weighted by Gasteiger charge is -2.34. The van der Waals surface area contributed by atoms with E-state index in [2.05, 4.69) is 10.2 Å². The number of rotatable bonds is 7. The molecule has 144 valence electrons. The molecular weight excluding hydrogens is 362 g/mol. The second-order valence-corrected chi connectivity index (χ2v) is 7.64. The first-order valence-electron chi connectivity index (χ1n) is 9.14. The van der Waals surface area contributed by atoms with E-state index in [-0.39, 0.29) is 11.8 Å². The summed E-state index contributed by atoms with van der Waals surface area (Å²) in [5.74, 6) is 0.900. The quantitative estimate of drug-likeness (QED) is 0.791. The molecule has 7 heteroatoms. The van der Waals surface area contributed by atoms with E-state index in [4.69, 9.17) is 4.74 Å². The molecule has 6 nitrogen and oxygen atoms in total. The van der Waals surface area contributed by atoms with E-state index < -0.39 is 0 Å². The van der Waals surface area contributed by atoms with E-state index in [0.29, 0.717) is 13.2 Å². The highest BCUT2D eigenvalue weighted by Gasteiger charge is 2.23. The minimum atomic E-state index is -0.0661. The van der Waals surface area contributed by atoms with Crippen LogP contribution in [0, 0.1) is 0 Å². The Labute approximate surface area is 163 Å². The van der Waals surface area contributed by atoms with Gasteiger partial charge >= 0.3 is 0 Å². The van der Waals surface area contributed by atoms with Gasteiger partial charge in [0.15, 0.2) is 0 Å². The lowest BCUT2D eigenvalue weighted by atomic mass is 10.3. The highest BCUT2D eigenvalue weighted by Crippen LogP contribution is 2.19. The minimum Gasteiger partial charge on any atom is -0.492 e. The van der Waals surface area contributed by atoms with Crippen LogP contribution in [-0.4, -0.2) is 60.9 Å². The van der Waals surface area contributed by atoms with E-state index in [1.807, 2.05) is 47.4 Å². The number of hydrogen-bond acceptors (Lipinski definition) is 5. The van der Waals surface area contributed by atoms with Crippen LogP contribution in [0.1, 0.15) is 21.5 Å². The van der Waals surface area contributed by atoms with Gasteiger partial charge in [0.05, 0.1) is 11.4 Å². The summed E-state index contributed by atoms with van der Waals surface area (Å²) in [6.45, 7) is 6.63. The fourth-order valence-electron chi connectivity index (χ4n) is 2.94. The van der Waals surface area contributed by atoms with E-state index >= 15 is 0 Å². The predicted molar refractivity (Wildman–Crippen MR) is 106 cm³/mol. The average molecular weight is 388 g/mol. The molecule has 2 heterocycles. The standard InChI is InChI=1S/C20H25N3O3S/c1-16(24)21-15-18-7-8-19(27-18)20(25)23-11-9-22(10-12-23)13-14-26-17-5-3-2-4-6-17/h2-8H,9-15H2,1H3,(H,21,24). The fraction of sp³-hybridized carbons (Fsp3) is 0.400. The number of amides is 2. The van der Waals surface area contributed by atoms with Gasteiger partial charge in [-0.25, -0.2) is 0 Å². The molecule has 3 rings (SSSR count). The number of nitrogens with one attached hydrogen (secondary N) is 1. The highest BCUT2D eigenvalue weighted by atomic mass is 32.1. The number of benzene rings is 1. The van der Waals surface area contributed by atoms with Crippen LogP contribution in [0.5, 0.6) is 5.75 Å². The SMILES string of the molecule is CC(=O)NCc1ccc(C(=O)N2CCN(CCOc3ccccc3)CC2)s1. The predicted octanol–water partition coefficient (Wildman–Crippen LogP) is 2.22. The zero-order valence-electron chi connectivity index (χ0n) is 15.5. The van der Waals surface area contributed by atoms with E-state index in [0.717, 1.165) is 48.2 Å². The largest absolute Gasteiger partial charge is 0.492 e. The summed E-state index contributed by atoms with van der Waals surface area (Å²) in [4.78, 5) is 29.6. The molecule has 0 bridgehead atoms. The van der Waals surface area contributed by atoms with Crippen LogP contribution in [0.25, 0.3) is 0 Å². The second-order valence-electron chi connectivity index (χ2n) is 6.47. The molecule has 1 aromatic heterocycles. The van der Waals surface area contributed by atoms with E-state index in [1.54, 1.807) is 0 Å². The van der Waals surface area contributed by atoms with Crippen LogP contribution >= 0.6 is 11.3 Å². The van der Waals surface area contributed by atoms with Gasteiger partial charge in [0.2, 0.25) is 5.91 Å². The number of piperazine rings is 1. The van der Waals surface area contributed by atoms with Gasteiger partial charge in [-0.3, -0.25) is 14.5 Å². The zero-order chi connectivity index (χ0) is 19.1. The number of carbonyl (C=O) groups excluding carboxylic acids is 2. The molecule has 1 N–H and O–H groups in total. The molecule has 2 aromatic rings. The van der Waals surface area contributed by atoms with Gasteiger partial charge in [-0.05, 0) is 24.3 Å². The van der Waals surface area contributed by atoms with Crippen molar-refractivity contribution < 1.29 is 14.3 Å². The van der Waals surface area contributed by atoms with Crippen molar-refractivity contribution in [1.82, 2.24) is 15.1 Å². The molecule has 1 saturated heterocycles. The molecule has 1 aromatic carbocycles. The Morgan fingerprint density at radius 2 is 1.81 bits per heavy atom. The van der Waals surface area contributed by atoms with Crippen LogP contribution in [0.3, 0.4) is 0 Å². The Kier molecular flexibility index (Phi) is 6.84. The van der Waals surface area contributed by atoms with Crippen molar-refractivity contribution in [3.8, 4) is 5.75 Å². The molecule has 1 fully saturated rings. The Balaban J connectivity index is 1.40. The summed E-state index contributed by atoms with van der Waals surface area (Å²) in [5.41, 5.74) is 0. The lowest BCUT2D eigenvalue weighted by Crippen LogP contribution is -2.49. The zero-order valence-corrected chi connectivity index (χ0v) is 16.3. The monoisotopic (exact) mass is 387 g/mol. The molecule has 0 saturated carbocycles. The molecule has 0 aliphatic carbocycles. The van der Waals surface area contributed by atoms with Crippen LogP contribution < -0.4 is 10.1 Å². The molecular formula is C20H25N3O3S. The normalized spacial score (nSPS) is 14.8. The van der Waals surface area contributed by atoms with Crippen molar-refractivity contribution in [3.63, 3.8) is 0 Å². The number of nitrogens with zero attached hydrogens (tertiary/aromatic N) is 2. The molecule has 0 spiro atoms. The van der Waals surface area contributed by atoms with Gasteiger partial charge < -0.3 is 15.0 Å². The summed E-state index contributed by atoms with van der Waals surface area (Å²) in [5, 5.41) is 2.76. The topological polar surface area (TPSA) is 61.9 Å². The van der Waals surface area contributed by atoms with Gasteiger partial charge in [-0.1, -0.05) is 18.2 Å². The van der Waals surface area contributed by atoms with Crippen LogP contribution in [0.4, 0.5) is 0 Å². The molecule has 1 aliphatic rings. The van der Waals surface area contributed by atoms with Crippen molar-refractivity contribution in [1.29, 1.82) is 0 Å². The Hall–Kier alpha value is -2.38. The summed E-state index contributed by atoms with van der Waals surface area (Å²) in [6.07, 6.45) is 0. The van der Waals surface area contributed by atoms with Crippen molar-refractivity contribution in [2.45, 2.75) is 13.5 Å². The maximum absolute atomic E-state index is 12.7. The molecule has 27 heavy (non-hydrogen) atoms. The first kappa shape index (κ1) is 19.4. The Morgan fingerprint density at radius 1 is 1.07 bits per heavy atom. The molecule has 1 aliphatic heterocycles. The Bertz CT molecular complexity index is 755. The number of ether oxygens (including phenoxy) is 1. The summed E-state index contributed by atoms with van der Waals surface area (Å²) in [6, 6.07) is 13.6. The molecule has 0 atom stereocenters. The van der Waals surface area contributed by atoms with Gasteiger partial charge in [0.25, 0.3) is 5.91 Å². The van der Waals surface area contributed by atoms with Crippen LogP contribution in [0.2, 0.25) is 0 Å². The summed E-state index contributed by atoms with van der Waals surface area (Å²) >= 11 is 1.45. The van der Waals surface area contributed by atoms with Crippen molar-refractivity contribution in [2.24, 2.45) is 0 Å².